The van der Waals surface area contributed by atoms with Crippen LogP contribution in [0.1, 0.15) is 33.6 Å². The predicted octanol–water partition coefficient (Wildman–Crippen LogP) is 1.40. The Hall–Kier alpha value is -1.06. The van der Waals surface area contributed by atoms with Crippen LogP contribution in [-0.2, 0) is 9.53 Å². The van der Waals surface area contributed by atoms with Gasteiger partial charge in [-0.25, -0.2) is 4.79 Å². The molecule has 0 aliphatic rings. The third kappa shape index (κ3) is 8.85. The van der Waals surface area contributed by atoms with Crippen molar-refractivity contribution in [3.05, 3.63) is 0 Å². The highest BCUT2D eigenvalue weighted by Gasteiger charge is 2.15. The zero-order valence-corrected chi connectivity index (χ0v) is 8.35. The molecule has 0 aliphatic heterocycles. The number of hydrogen-bond donors (Lipinski definition) is 1. The van der Waals surface area contributed by atoms with Gasteiger partial charge in [0.1, 0.15) is 5.60 Å². The highest BCUT2D eigenvalue weighted by atomic mass is 16.6. The highest BCUT2D eigenvalue weighted by Crippen LogP contribution is 2.06. The number of carbonyl (C=O) groups is 1. The lowest BCUT2D eigenvalue weighted by molar-refractivity contribution is 0.0527. The Morgan fingerprint density at radius 2 is 2.08 bits per heavy atom. The topological polar surface area (TPSA) is 55.4 Å². The summed E-state index contributed by atoms with van der Waals surface area (Å²) in [6.45, 7) is 5.84. The van der Waals surface area contributed by atoms with E-state index in [4.69, 9.17) is 4.74 Å². The van der Waals surface area contributed by atoms with Crippen molar-refractivity contribution in [2.75, 3.05) is 6.54 Å². The van der Waals surface area contributed by atoms with Crippen LogP contribution in [0.4, 0.5) is 4.79 Å². The largest absolute Gasteiger partial charge is 0.444 e. The summed E-state index contributed by atoms with van der Waals surface area (Å²) in [5.74, 6) is 0. The first kappa shape index (κ1) is 11.9. The van der Waals surface area contributed by atoms with Gasteiger partial charge in [0.2, 0.25) is 0 Å². The minimum Gasteiger partial charge on any atom is -0.444 e. The highest BCUT2D eigenvalue weighted by molar-refractivity contribution is 5.67. The molecule has 0 aromatic heterocycles. The van der Waals surface area contributed by atoms with Gasteiger partial charge in [-0.3, -0.25) is 4.79 Å². The summed E-state index contributed by atoms with van der Waals surface area (Å²) in [4.78, 5) is 20.8. The lowest BCUT2D eigenvalue weighted by Gasteiger charge is -2.19. The Balaban J connectivity index is 3.47. The Kier molecular flexibility index (Phi) is 5.11. The number of amides is 1. The summed E-state index contributed by atoms with van der Waals surface area (Å²) in [5.41, 5.74) is -0.471. The van der Waals surface area contributed by atoms with E-state index >= 15 is 0 Å². The number of rotatable bonds is 4. The number of carbonyl (C=O) groups excluding carboxylic acids is 2. The van der Waals surface area contributed by atoms with E-state index in [-0.39, 0.29) is 0 Å². The molecule has 4 nitrogen and oxygen atoms in total. The van der Waals surface area contributed by atoms with Crippen molar-refractivity contribution in [2.24, 2.45) is 0 Å². The molecule has 0 aliphatic carbocycles. The monoisotopic (exact) mass is 186 g/mol. The number of hydrogen-bond acceptors (Lipinski definition) is 3. The fourth-order valence-corrected chi connectivity index (χ4v) is 0.665. The van der Waals surface area contributed by atoms with Crippen molar-refractivity contribution in [3.63, 3.8) is 0 Å². The van der Waals surface area contributed by atoms with E-state index in [1.807, 2.05) is 0 Å². The first-order chi connectivity index (χ1) is 5.95. The van der Waals surface area contributed by atoms with Crippen LogP contribution in [0, 0.1) is 0 Å². The van der Waals surface area contributed by atoms with Gasteiger partial charge in [-0.15, -0.1) is 0 Å². The van der Waals surface area contributed by atoms with Crippen molar-refractivity contribution in [2.45, 2.75) is 39.2 Å². The Morgan fingerprint density at radius 3 is 2.54 bits per heavy atom. The average Bonchev–Trinajstić information content (AvgIpc) is 1.94. The first-order valence-electron chi connectivity index (χ1n) is 4.27. The van der Waals surface area contributed by atoms with Crippen LogP contribution in [0.2, 0.25) is 0 Å². The standard InChI is InChI=1S/C9H16NO3/c1-9(2,3)13-8(12)10-6-4-5-7-11/h4-6H2,1-3H3,(H,10,12). The molecule has 0 aromatic rings. The normalized spacial score (nSPS) is 10.7. The van der Waals surface area contributed by atoms with Crippen LogP contribution in [-0.4, -0.2) is 24.5 Å². The minimum atomic E-state index is -0.471. The molecule has 1 radical (unpaired) electrons. The molecule has 1 N–H and O–H groups in total. The Bertz CT molecular complexity index is 172. The third-order valence-electron chi connectivity index (χ3n) is 1.12. The molecule has 0 aromatic carbocycles. The number of unbranched alkanes of at least 4 members (excludes halogenated alkanes) is 1. The quantitative estimate of drug-likeness (QED) is 0.675. The summed E-state index contributed by atoms with van der Waals surface area (Å²) in [6.07, 6.45) is 2.24. The Labute approximate surface area is 78.6 Å². The molecule has 0 spiro atoms. The van der Waals surface area contributed by atoms with Gasteiger partial charge in [-0.05, 0) is 27.2 Å². The zero-order chi connectivity index (χ0) is 10.3. The SMILES string of the molecule is CC(C)(C)OC(=O)NCCC[C]=O. The van der Waals surface area contributed by atoms with E-state index in [1.54, 1.807) is 27.1 Å². The zero-order valence-electron chi connectivity index (χ0n) is 8.35. The summed E-state index contributed by atoms with van der Waals surface area (Å²) in [6, 6.07) is 0. The van der Waals surface area contributed by atoms with Gasteiger partial charge in [-0.1, -0.05) is 0 Å². The van der Waals surface area contributed by atoms with Gasteiger partial charge in [0.25, 0.3) is 0 Å². The molecule has 0 atom stereocenters. The van der Waals surface area contributed by atoms with Crippen LogP contribution < -0.4 is 5.32 Å². The van der Waals surface area contributed by atoms with Crippen molar-refractivity contribution in [1.82, 2.24) is 5.32 Å². The maximum Gasteiger partial charge on any atom is 0.407 e. The van der Waals surface area contributed by atoms with Crippen LogP contribution >= 0.6 is 0 Å². The van der Waals surface area contributed by atoms with E-state index in [0.29, 0.717) is 19.4 Å². The molecule has 0 bridgehead atoms. The lowest BCUT2D eigenvalue weighted by Crippen LogP contribution is -2.33. The van der Waals surface area contributed by atoms with E-state index in [9.17, 15) is 9.59 Å². The van der Waals surface area contributed by atoms with Gasteiger partial charge >= 0.3 is 6.09 Å². The molecule has 0 rings (SSSR count). The maximum atomic E-state index is 11.0. The molecule has 0 heterocycles. The number of nitrogens with one attached hydrogen (secondary N) is 1. The summed E-state index contributed by atoms with van der Waals surface area (Å²) in [7, 11) is 0. The molecule has 0 saturated carbocycles. The molecule has 0 fully saturated rings. The first-order valence-corrected chi connectivity index (χ1v) is 4.27. The van der Waals surface area contributed by atoms with Gasteiger partial charge in [0, 0.05) is 13.0 Å². The van der Waals surface area contributed by atoms with Crippen LogP contribution in [0.25, 0.3) is 0 Å². The maximum absolute atomic E-state index is 11.0. The minimum absolute atomic E-state index is 0.343. The van der Waals surface area contributed by atoms with Crippen molar-refractivity contribution in [3.8, 4) is 0 Å². The third-order valence-corrected chi connectivity index (χ3v) is 1.12. The van der Waals surface area contributed by atoms with Crippen LogP contribution in [0.15, 0.2) is 0 Å². The Morgan fingerprint density at radius 1 is 1.46 bits per heavy atom. The van der Waals surface area contributed by atoms with Crippen molar-refractivity contribution in [1.29, 1.82) is 0 Å². The second-order valence-corrected chi connectivity index (χ2v) is 3.68. The smallest absolute Gasteiger partial charge is 0.407 e. The number of alkyl carbamates (subject to hydrolysis) is 1. The predicted molar refractivity (Wildman–Crippen MR) is 49.2 cm³/mol. The fraction of sp³-hybridized carbons (Fsp3) is 0.778. The van der Waals surface area contributed by atoms with Crippen LogP contribution in [0.3, 0.4) is 0 Å². The molecule has 75 valence electrons. The van der Waals surface area contributed by atoms with Gasteiger partial charge in [0.15, 0.2) is 6.29 Å². The van der Waals surface area contributed by atoms with E-state index in [2.05, 4.69) is 5.32 Å². The summed E-state index contributed by atoms with van der Waals surface area (Å²) in [5, 5.41) is 2.53. The molecular weight excluding hydrogens is 170 g/mol. The van der Waals surface area contributed by atoms with Crippen molar-refractivity contribution < 1.29 is 14.3 Å². The van der Waals surface area contributed by atoms with Crippen LogP contribution in [0.5, 0.6) is 0 Å². The lowest BCUT2D eigenvalue weighted by atomic mass is 10.2. The fourth-order valence-electron chi connectivity index (χ4n) is 0.665. The summed E-state index contributed by atoms with van der Waals surface area (Å²) < 4.78 is 4.97. The molecule has 0 unspecified atom stereocenters. The van der Waals surface area contributed by atoms with Gasteiger partial charge < -0.3 is 10.1 Å². The molecular formula is C9H16NO3. The molecule has 0 saturated heterocycles. The van der Waals surface area contributed by atoms with E-state index in [1.165, 1.54) is 0 Å². The summed E-state index contributed by atoms with van der Waals surface area (Å²) >= 11 is 0. The molecule has 1 amide bonds. The second-order valence-electron chi connectivity index (χ2n) is 3.68. The van der Waals surface area contributed by atoms with Gasteiger partial charge in [-0.2, -0.15) is 0 Å². The number of ether oxygens (including phenoxy) is 1. The van der Waals surface area contributed by atoms with Gasteiger partial charge in [0.05, 0.1) is 0 Å². The van der Waals surface area contributed by atoms with E-state index in [0.717, 1.165) is 0 Å². The van der Waals surface area contributed by atoms with Crippen molar-refractivity contribution >= 4 is 12.4 Å². The molecule has 13 heavy (non-hydrogen) atoms. The second kappa shape index (κ2) is 5.56. The average molecular weight is 186 g/mol. The van der Waals surface area contributed by atoms with E-state index < -0.39 is 11.7 Å². The molecule has 4 heteroatoms.